The summed E-state index contributed by atoms with van der Waals surface area (Å²) in [6.45, 7) is 11.4. The van der Waals surface area contributed by atoms with E-state index in [4.69, 9.17) is 0 Å². The molecule has 2 fully saturated rings. The predicted molar refractivity (Wildman–Crippen MR) is 127 cm³/mol. The average Bonchev–Trinajstić information content (AvgIpc) is 3.17. The van der Waals surface area contributed by atoms with Gasteiger partial charge in [-0.1, -0.05) is 64.5 Å². The highest BCUT2D eigenvalue weighted by Crippen LogP contribution is 2.47. The van der Waals surface area contributed by atoms with Gasteiger partial charge in [0.15, 0.2) is 0 Å². The molecule has 0 aromatic carbocycles. The van der Waals surface area contributed by atoms with Gasteiger partial charge in [-0.2, -0.15) is 0 Å². The standard InChI is InChI=1S/C27H48N2/c1-5-21(3)28-19-27(20-29-22(4)6-2)17-25(23-13-9-7-10-14-23)26(18-27)24-15-11-8-12-16-24/h17-18,21-24,28-29H,5-16,19-20H2,1-4H3. The monoisotopic (exact) mass is 400 g/mol. The summed E-state index contributed by atoms with van der Waals surface area (Å²) in [4.78, 5) is 0. The van der Waals surface area contributed by atoms with Crippen molar-refractivity contribution in [2.24, 2.45) is 17.3 Å². The van der Waals surface area contributed by atoms with Crippen LogP contribution in [0.3, 0.4) is 0 Å². The Balaban J connectivity index is 1.87. The third kappa shape index (κ3) is 6.20. The van der Waals surface area contributed by atoms with E-state index in [2.05, 4.69) is 50.5 Å². The molecule has 3 aliphatic carbocycles. The van der Waals surface area contributed by atoms with Crippen LogP contribution >= 0.6 is 0 Å². The molecular formula is C27H48N2. The molecule has 2 N–H and O–H groups in total. The minimum absolute atomic E-state index is 0.159. The van der Waals surface area contributed by atoms with E-state index in [1.807, 2.05) is 0 Å². The van der Waals surface area contributed by atoms with Crippen molar-refractivity contribution in [1.29, 1.82) is 0 Å². The van der Waals surface area contributed by atoms with E-state index in [-0.39, 0.29) is 5.41 Å². The number of rotatable bonds is 10. The molecule has 0 heterocycles. The summed E-state index contributed by atoms with van der Waals surface area (Å²) in [5.41, 5.74) is 3.70. The fourth-order valence-corrected chi connectivity index (χ4v) is 5.65. The SMILES string of the molecule is CCC(C)NCC1(CNC(C)CC)C=C(C2CCCCC2)C(C2CCCCC2)=C1. The summed E-state index contributed by atoms with van der Waals surface area (Å²) in [6.07, 6.45) is 22.2. The van der Waals surface area contributed by atoms with Crippen LogP contribution in [0, 0.1) is 17.3 Å². The van der Waals surface area contributed by atoms with Crippen LogP contribution in [-0.4, -0.2) is 25.2 Å². The quantitative estimate of drug-likeness (QED) is 0.422. The van der Waals surface area contributed by atoms with E-state index in [1.54, 1.807) is 11.1 Å². The second-order valence-corrected chi connectivity index (χ2v) is 10.5. The van der Waals surface area contributed by atoms with Gasteiger partial charge in [-0.3, -0.25) is 0 Å². The Morgan fingerprint density at radius 1 is 0.724 bits per heavy atom. The Morgan fingerprint density at radius 2 is 1.10 bits per heavy atom. The summed E-state index contributed by atoms with van der Waals surface area (Å²) < 4.78 is 0. The minimum atomic E-state index is 0.159. The molecular weight excluding hydrogens is 352 g/mol. The Bertz CT molecular complexity index is 499. The van der Waals surface area contributed by atoms with Crippen molar-refractivity contribution in [2.45, 2.75) is 117 Å². The Morgan fingerprint density at radius 3 is 1.45 bits per heavy atom. The molecule has 29 heavy (non-hydrogen) atoms. The number of allylic oxidation sites excluding steroid dienone is 2. The first-order chi connectivity index (χ1) is 14.1. The van der Waals surface area contributed by atoms with Crippen LogP contribution in [0.15, 0.2) is 23.3 Å². The van der Waals surface area contributed by atoms with Crippen LogP contribution in [-0.2, 0) is 0 Å². The largest absolute Gasteiger partial charge is 0.313 e. The second-order valence-electron chi connectivity index (χ2n) is 10.5. The van der Waals surface area contributed by atoms with Crippen molar-refractivity contribution in [3.8, 4) is 0 Å². The first-order valence-electron chi connectivity index (χ1n) is 13.0. The number of hydrogen-bond acceptors (Lipinski definition) is 2. The highest BCUT2D eigenvalue weighted by Gasteiger charge is 2.38. The second kappa shape index (κ2) is 11.1. The minimum Gasteiger partial charge on any atom is -0.313 e. The molecule has 2 heteroatoms. The fraction of sp³-hybridized carbons (Fsp3) is 0.852. The average molecular weight is 401 g/mol. The molecule has 0 spiro atoms. The van der Waals surface area contributed by atoms with Gasteiger partial charge in [0.25, 0.3) is 0 Å². The maximum atomic E-state index is 3.87. The van der Waals surface area contributed by atoms with Gasteiger partial charge in [0.1, 0.15) is 0 Å². The molecule has 0 bridgehead atoms. The lowest BCUT2D eigenvalue weighted by molar-refractivity contribution is 0.362. The molecule has 0 amide bonds. The number of hydrogen-bond donors (Lipinski definition) is 2. The van der Waals surface area contributed by atoms with Crippen molar-refractivity contribution in [3.63, 3.8) is 0 Å². The van der Waals surface area contributed by atoms with Crippen molar-refractivity contribution in [2.75, 3.05) is 13.1 Å². The summed E-state index contributed by atoms with van der Waals surface area (Å²) >= 11 is 0. The van der Waals surface area contributed by atoms with Gasteiger partial charge in [0.05, 0.1) is 0 Å². The molecule has 0 aliphatic heterocycles. The maximum Gasteiger partial charge on any atom is 0.0323 e. The van der Waals surface area contributed by atoms with Crippen molar-refractivity contribution in [1.82, 2.24) is 10.6 Å². The molecule has 0 aromatic rings. The summed E-state index contributed by atoms with van der Waals surface area (Å²) in [5.74, 6) is 1.65. The molecule has 2 atom stereocenters. The van der Waals surface area contributed by atoms with Crippen LogP contribution in [0.1, 0.15) is 105 Å². The normalized spacial score (nSPS) is 25.5. The van der Waals surface area contributed by atoms with Crippen molar-refractivity contribution < 1.29 is 0 Å². The summed E-state index contributed by atoms with van der Waals surface area (Å²) in [7, 11) is 0. The van der Waals surface area contributed by atoms with E-state index in [9.17, 15) is 0 Å². The molecule has 2 nitrogen and oxygen atoms in total. The first-order valence-corrected chi connectivity index (χ1v) is 13.0. The predicted octanol–water partition coefficient (Wildman–Crippen LogP) is 6.78. The Hall–Kier alpha value is -0.600. The maximum absolute atomic E-state index is 3.87. The first kappa shape index (κ1) is 23.1. The van der Waals surface area contributed by atoms with Crippen LogP contribution in [0.25, 0.3) is 0 Å². The van der Waals surface area contributed by atoms with Gasteiger partial charge in [0.2, 0.25) is 0 Å². The summed E-state index contributed by atoms with van der Waals surface area (Å²) in [6, 6.07) is 1.18. The lowest BCUT2D eigenvalue weighted by Crippen LogP contribution is -2.44. The van der Waals surface area contributed by atoms with Gasteiger partial charge in [-0.25, -0.2) is 0 Å². The molecule has 0 radical (unpaired) electrons. The van der Waals surface area contributed by atoms with Crippen LogP contribution in [0.2, 0.25) is 0 Å². The third-order valence-electron chi connectivity index (χ3n) is 8.09. The fourth-order valence-electron chi connectivity index (χ4n) is 5.65. The number of nitrogens with one attached hydrogen (secondary N) is 2. The third-order valence-corrected chi connectivity index (χ3v) is 8.09. The van der Waals surface area contributed by atoms with Crippen molar-refractivity contribution >= 4 is 0 Å². The van der Waals surface area contributed by atoms with Gasteiger partial charge in [0, 0.05) is 30.6 Å². The highest BCUT2D eigenvalue weighted by molar-refractivity contribution is 5.46. The van der Waals surface area contributed by atoms with Crippen LogP contribution < -0.4 is 10.6 Å². The molecule has 2 saturated carbocycles. The zero-order chi connectivity index (χ0) is 20.7. The van der Waals surface area contributed by atoms with E-state index in [1.165, 1.54) is 77.0 Å². The van der Waals surface area contributed by atoms with Gasteiger partial charge in [-0.15, -0.1) is 0 Å². The lowest BCUT2D eigenvalue weighted by atomic mass is 9.75. The van der Waals surface area contributed by atoms with Gasteiger partial charge < -0.3 is 10.6 Å². The molecule has 0 aromatic heterocycles. The zero-order valence-corrected chi connectivity index (χ0v) is 19.9. The smallest absolute Gasteiger partial charge is 0.0323 e. The lowest BCUT2D eigenvalue weighted by Gasteiger charge is -2.30. The van der Waals surface area contributed by atoms with Crippen LogP contribution in [0.4, 0.5) is 0 Å². The van der Waals surface area contributed by atoms with E-state index in [0.717, 1.165) is 24.9 Å². The van der Waals surface area contributed by atoms with Gasteiger partial charge >= 0.3 is 0 Å². The Kier molecular flexibility index (Phi) is 8.86. The van der Waals surface area contributed by atoms with E-state index in [0.29, 0.717) is 12.1 Å². The molecule has 2 unspecified atom stereocenters. The zero-order valence-electron chi connectivity index (χ0n) is 19.9. The van der Waals surface area contributed by atoms with Crippen molar-refractivity contribution in [3.05, 3.63) is 23.3 Å². The molecule has 3 rings (SSSR count). The summed E-state index contributed by atoms with van der Waals surface area (Å²) in [5, 5.41) is 7.75. The van der Waals surface area contributed by atoms with Crippen LogP contribution in [0.5, 0.6) is 0 Å². The van der Waals surface area contributed by atoms with E-state index < -0.39 is 0 Å². The molecule has 3 aliphatic rings. The Labute approximate surface area is 181 Å². The highest BCUT2D eigenvalue weighted by atomic mass is 15.0. The molecule has 0 saturated heterocycles. The topological polar surface area (TPSA) is 24.1 Å². The van der Waals surface area contributed by atoms with E-state index >= 15 is 0 Å². The molecule has 166 valence electrons. The van der Waals surface area contributed by atoms with Gasteiger partial charge in [-0.05, 0) is 75.4 Å².